The zero-order chi connectivity index (χ0) is 20.4. The Kier molecular flexibility index (Phi) is 5.32. The molecule has 2 aromatic heterocycles. The molecule has 0 radical (unpaired) electrons. The highest BCUT2D eigenvalue weighted by atomic mass is 16.5. The molecule has 2 aromatic rings. The van der Waals surface area contributed by atoms with Gasteiger partial charge in [-0.05, 0) is 38.0 Å². The lowest BCUT2D eigenvalue weighted by Crippen LogP contribution is -2.45. The van der Waals surface area contributed by atoms with E-state index in [2.05, 4.69) is 15.4 Å². The maximum absolute atomic E-state index is 12.9. The molecule has 2 aliphatic rings. The van der Waals surface area contributed by atoms with Crippen LogP contribution in [0.5, 0.6) is 0 Å². The van der Waals surface area contributed by atoms with Crippen LogP contribution in [0, 0.1) is 0 Å². The van der Waals surface area contributed by atoms with Gasteiger partial charge in [-0.15, -0.1) is 0 Å². The second kappa shape index (κ2) is 8.06. The van der Waals surface area contributed by atoms with Crippen LogP contribution < -0.4 is 5.43 Å². The molecule has 0 bridgehead atoms. The molecule has 29 heavy (non-hydrogen) atoms. The molecule has 3 N–H and O–H groups in total. The molecule has 1 saturated heterocycles. The van der Waals surface area contributed by atoms with Crippen molar-refractivity contribution in [3.63, 3.8) is 0 Å². The highest BCUT2D eigenvalue weighted by Gasteiger charge is 2.38. The average Bonchev–Trinajstić information content (AvgIpc) is 3.25. The zero-order valence-corrected chi connectivity index (χ0v) is 16.0. The third-order valence-electron chi connectivity index (χ3n) is 4.86. The molecule has 0 amide bonds. The Morgan fingerprint density at radius 1 is 1.48 bits per heavy atom. The molecule has 0 atom stereocenters. The minimum absolute atomic E-state index is 0.0253. The minimum atomic E-state index is -0.735. The number of ketones is 1. The Labute approximate surface area is 167 Å². The minimum Gasteiger partial charge on any atom is -0.462 e. The van der Waals surface area contributed by atoms with Gasteiger partial charge in [-0.25, -0.2) is 14.8 Å². The van der Waals surface area contributed by atoms with Crippen LogP contribution in [0.1, 0.15) is 25.3 Å². The monoisotopic (exact) mass is 398 g/mol. The molecule has 0 unspecified atom stereocenters. The van der Waals surface area contributed by atoms with E-state index in [4.69, 9.17) is 9.47 Å². The number of aliphatic hydroxyl groups is 1. The van der Waals surface area contributed by atoms with Gasteiger partial charge in [-0.3, -0.25) is 10.2 Å². The largest absolute Gasteiger partial charge is 0.462 e. The van der Waals surface area contributed by atoms with Gasteiger partial charge in [0.2, 0.25) is 11.7 Å². The number of rotatable bonds is 5. The van der Waals surface area contributed by atoms with Gasteiger partial charge in [0, 0.05) is 36.4 Å². The number of fused-ring (bicyclic) bond motifs is 1. The van der Waals surface area contributed by atoms with Crippen molar-refractivity contribution in [3.8, 4) is 0 Å². The van der Waals surface area contributed by atoms with Crippen molar-refractivity contribution in [1.82, 2.24) is 20.4 Å². The molecule has 0 aliphatic carbocycles. The van der Waals surface area contributed by atoms with Gasteiger partial charge in [0.05, 0.1) is 12.7 Å². The Bertz CT molecular complexity index is 1000. The second-order valence-electron chi connectivity index (χ2n) is 6.84. The first-order chi connectivity index (χ1) is 14.1. The van der Waals surface area contributed by atoms with Gasteiger partial charge >= 0.3 is 5.97 Å². The van der Waals surface area contributed by atoms with Crippen LogP contribution in [0.4, 0.5) is 0 Å². The Balaban J connectivity index is 1.62. The number of ether oxygens (including phenoxy) is 2. The van der Waals surface area contributed by atoms with E-state index in [1.165, 1.54) is 0 Å². The van der Waals surface area contributed by atoms with Crippen molar-refractivity contribution >= 4 is 28.9 Å². The molecule has 2 aliphatic heterocycles. The summed E-state index contributed by atoms with van der Waals surface area (Å²) >= 11 is 0. The number of carbonyl (C=O) groups excluding carboxylic acids is 2. The first kappa shape index (κ1) is 19.2. The number of nitrogens with zero attached hydrogens (tertiary/aromatic N) is 2. The van der Waals surface area contributed by atoms with Crippen LogP contribution in [-0.4, -0.2) is 57.6 Å². The predicted octanol–water partition coefficient (Wildman–Crippen LogP) is 1.24. The SMILES string of the molecule is CCOC(=O)C1=C(NN2CCC(O)CC2)O/C(=C\c2c[nH]c3ncccc23)C1=O. The number of nitrogens with one attached hydrogen (secondary N) is 2. The van der Waals surface area contributed by atoms with Crippen molar-refractivity contribution in [2.75, 3.05) is 19.7 Å². The van der Waals surface area contributed by atoms with Crippen LogP contribution in [0.3, 0.4) is 0 Å². The summed E-state index contributed by atoms with van der Waals surface area (Å²) in [5.41, 5.74) is 4.25. The summed E-state index contributed by atoms with van der Waals surface area (Å²) in [5, 5.41) is 12.3. The van der Waals surface area contributed by atoms with Crippen LogP contribution in [0.2, 0.25) is 0 Å². The number of Topliss-reactive ketones (excluding diaryl/α,β-unsaturated/α-hetero) is 1. The number of esters is 1. The summed E-state index contributed by atoms with van der Waals surface area (Å²) in [4.78, 5) is 32.6. The maximum atomic E-state index is 12.9. The number of hydrogen-bond donors (Lipinski definition) is 3. The van der Waals surface area contributed by atoms with Gasteiger partial charge in [-0.1, -0.05) is 0 Å². The third kappa shape index (κ3) is 3.87. The Morgan fingerprint density at radius 3 is 3.03 bits per heavy atom. The number of carbonyl (C=O) groups is 2. The lowest BCUT2D eigenvalue weighted by Gasteiger charge is -2.30. The summed E-state index contributed by atoms with van der Waals surface area (Å²) in [6.45, 7) is 2.94. The molecule has 4 heterocycles. The van der Waals surface area contributed by atoms with Crippen molar-refractivity contribution in [2.24, 2.45) is 0 Å². The average molecular weight is 398 g/mol. The van der Waals surface area contributed by atoms with Crippen molar-refractivity contribution < 1.29 is 24.2 Å². The lowest BCUT2D eigenvalue weighted by molar-refractivity contribution is -0.139. The molecule has 4 rings (SSSR count). The highest BCUT2D eigenvalue weighted by molar-refractivity contribution is 6.26. The van der Waals surface area contributed by atoms with E-state index in [0.29, 0.717) is 31.6 Å². The van der Waals surface area contributed by atoms with E-state index >= 15 is 0 Å². The smallest absolute Gasteiger partial charge is 0.347 e. The van der Waals surface area contributed by atoms with E-state index < -0.39 is 11.8 Å². The lowest BCUT2D eigenvalue weighted by atomic mass is 10.1. The molecule has 9 nitrogen and oxygen atoms in total. The summed E-state index contributed by atoms with van der Waals surface area (Å²) in [5.74, 6) is -1.20. The molecular formula is C20H22N4O5. The standard InChI is InChI=1S/C20H22N4O5/c1-2-28-20(27)16-17(26)15(10-12-11-22-18-14(12)4-3-7-21-18)29-19(16)23-24-8-5-13(25)6-9-24/h3-4,7,10-11,13,23,25H,2,5-6,8-9H2,1H3,(H,21,22)/b15-10-. The number of allylic oxidation sites excluding steroid dienone is 1. The van der Waals surface area contributed by atoms with Crippen molar-refractivity contribution in [3.05, 3.63) is 47.3 Å². The first-order valence-electron chi connectivity index (χ1n) is 9.54. The van der Waals surface area contributed by atoms with Crippen molar-refractivity contribution in [2.45, 2.75) is 25.9 Å². The summed E-state index contributed by atoms with van der Waals surface area (Å²) < 4.78 is 10.8. The molecule has 1 fully saturated rings. The number of pyridine rings is 1. The summed E-state index contributed by atoms with van der Waals surface area (Å²) in [6.07, 6.45) is 5.82. The Morgan fingerprint density at radius 2 is 2.28 bits per heavy atom. The van der Waals surface area contributed by atoms with Crippen LogP contribution >= 0.6 is 0 Å². The quantitative estimate of drug-likeness (QED) is 0.391. The zero-order valence-electron chi connectivity index (χ0n) is 16.0. The number of piperidine rings is 1. The molecule has 0 aromatic carbocycles. The number of hydrazine groups is 1. The van der Waals surface area contributed by atoms with Crippen LogP contribution in [-0.2, 0) is 19.1 Å². The van der Waals surface area contributed by atoms with E-state index in [1.807, 2.05) is 11.1 Å². The van der Waals surface area contributed by atoms with E-state index in [1.54, 1.807) is 31.5 Å². The Hall–Kier alpha value is -3.17. The molecule has 0 spiro atoms. The fourth-order valence-electron chi connectivity index (χ4n) is 3.36. The van der Waals surface area contributed by atoms with Gasteiger partial charge < -0.3 is 19.6 Å². The fourth-order valence-corrected chi connectivity index (χ4v) is 3.36. The molecular weight excluding hydrogens is 376 g/mol. The van der Waals surface area contributed by atoms with Gasteiger partial charge in [0.15, 0.2) is 11.3 Å². The second-order valence-corrected chi connectivity index (χ2v) is 6.84. The van der Waals surface area contributed by atoms with Crippen LogP contribution in [0.25, 0.3) is 17.1 Å². The van der Waals surface area contributed by atoms with Crippen LogP contribution in [0.15, 0.2) is 41.7 Å². The number of H-pyrrole nitrogens is 1. The van der Waals surface area contributed by atoms with E-state index in [0.717, 1.165) is 10.9 Å². The fraction of sp³-hybridized carbons (Fsp3) is 0.350. The predicted molar refractivity (Wildman–Crippen MR) is 104 cm³/mol. The number of aliphatic hydroxyl groups excluding tert-OH is 1. The normalized spacial score (nSPS) is 19.8. The number of aromatic nitrogens is 2. The molecule has 9 heteroatoms. The van der Waals surface area contributed by atoms with E-state index in [-0.39, 0.29) is 29.9 Å². The van der Waals surface area contributed by atoms with Gasteiger partial charge in [-0.2, -0.15) is 0 Å². The van der Waals surface area contributed by atoms with Gasteiger partial charge in [0.1, 0.15) is 5.65 Å². The molecule has 152 valence electrons. The molecule has 0 saturated carbocycles. The number of aromatic amines is 1. The number of hydrogen-bond acceptors (Lipinski definition) is 8. The van der Waals surface area contributed by atoms with Gasteiger partial charge in [0.25, 0.3) is 0 Å². The van der Waals surface area contributed by atoms with Crippen molar-refractivity contribution in [1.29, 1.82) is 0 Å². The third-order valence-corrected chi connectivity index (χ3v) is 4.86. The first-order valence-corrected chi connectivity index (χ1v) is 9.54. The topological polar surface area (TPSA) is 117 Å². The maximum Gasteiger partial charge on any atom is 0.347 e. The summed E-state index contributed by atoms with van der Waals surface area (Å²) in [7, 11) is 0. The summed E-state index contributed by atoms with van der Waals surface area (Å²) in [6, 6.07) is 3.68. The van der Waals surface area contributed by atoms with E-state index in [9.17, 15) is 14.7 Å². The highest BCUT2D eigenvalue weighted by Crippen LogP contribution is 2.28.